The maximum absolute atomic E-state index is 10.1. The number of hydrogen-bond acceptors (Lipinski definition) is 4. The number of aliphatic hydroxyl groups is 2. The van der Waals surface area contributed by atoms with Crippen molar-refractivity contribution in [3.8, 4) is 5.75 Å². The second-order valence-electron chi connectivity index (χ2n) is 5.91. The van der Waals surface area contributed by atoms with E-state index in [1.165, 1.54) is 0 Å². The zero-order chi connectivity index (χ0) is 15.0. The van der Waals surface area contributed by atoms with Crippen molar-refractivity contribution in [2.45, 2.75) is 32.8 Å². The molecule has 3 N–H and O–H groups in total. The zero-order valence-corrected chi connectivity index (χ0v) is 12.7. The molecule has 1 aromatic carbocycles. The van der Waals surface area contributed by atoms with Crippen molar-refractivity contribution in [1.82, 2.24) is 5.32 Å². The monoisotopic (exact) mass is 281 g/mol. The average Bonchev–Trinajstić information content (AvgIpc) is 2.45. The summed E-state index contributed by atoms with van der Waals surface area (Å²) in [5.41, 5.74) is 1.01. The van der Waals surface area contributed by atoms with Crippen LogP contribution >= 0.6 is 0 Å². The lowest BCUT2D eigenvalue weighted by Crippen LogP contribution is -2.32. The molecule has 1 unspecified atom stereocenters. The Balaban J connectivity index is 2.36. The maximum Gasteiger partial charge on any atom is 0.118 e. The van der Waals surface area contributed by atoms with Gasteiger partial charge in [0.25, 0.3) is 0 Å². The van der Waals surface area contributed by atoms with Crippen molar-refractivity contribution in [3.05, 3.63) is 29.8 Å². The molecule has 0 heterocycles. The van der Waals surface area contributed by atoms with E-state index in [9.17, 15) is 5.11 Å². The highest BCUT2D eigenvalue weighted by Gasteiger charge is 2.17. The van der Waals surface area contributed by atoms with E-state index in [4.69, 9.17) is 9.84 Å². The standard InChI is InChI=1S/C16H27NO3/c1-16(2,9-4-10-18)12-17-11-15(19)13-5-7-14(20-3)8-6-13/h5-8,15,17-19H,4,9-12H2,1-3H3. The van der Waals surface area contributed by atoms with Crippen LogP contribution in [0.3, 0.4) is 0 Å². The third-order valence-corrected chi connectivity index (χ3v) is 3.45. The summed E-state index contributed by atoms with van der Waals surface area (Å²) in [4.78, 5) is 0. The first kappa shape index (κ1) is 17.0. The van der Waals surface area contributed by atoms with Crippen molar-refractivity contribution in [2.24, 2.45) is 5.41 Å². The summed E-state index contributed by atoms with van der Waals surface area (Å²) in [6.07, 6.45) is 1.26. The van der Waals surface area contributed by atoms with Crippen LogP contribution < -0.4 is 10.1 Å². The van der Waals surface area contributed by atoms with Gasteiger partial charge in [0.2, 0.25) is 0 Å². The van der Waals surface area contributed by atoms with Gasteiger partial charge in [0, 0.05) is 19.7 Å². The molecule has 0 amide bonds. The Bertz CT molecular complexity index is 376. The molecule has 0 aliphatic carbocycles. The van der Waals surface area contributed by atoms with Gasteiger partial charge in [0.1, 0.15) is 5.75 Å². The molecule has 0 saturated heterocycles. The molecular formula is C16H27NO3. The fourth-order valence-corrected chi connectivity index (χ4v) is 2.14. The summed E-state index contributed by atoms with van der Waals surface area (Å²) in [7, 11) is 1.63. The van der Waals surface area contributed by atoms with Crippen LogP contribution in [0.5, 0.6) is 5.75 Å². The Kier molecular flexibility index (Phi) is 6.99. The van der Waals surface area contributed by atoms with E-state index in [0.29, 0.717) is 6.54 Å². The summed E-state index contributed by atoms with van der Waals surface area (Å²) in [6, 6.07) is 7.46. The van der Waals surface area contributed by atoms with Gasteiger partial charge < -0.3 is 20.3 Å². The van der Waals surface area contributed by atoms with Gasteiger partial charge in [0.05, 0.1) is 13.2 Å². The summed E-state index contributed by atoms with van der Waals surface area (Å²) in [6.45, 7) is 5.90. The molecule has 0 aromatic heterocycles. The molecule has 0 fully saturated rings. The highest BCUT2D eigenvalue weighted by atomic mass is 16.5. The molecule has 1 rings (SSSR count). The number of aliphatic hydroxyl groups excluding tert-OH is 2. The lowest BCUT2D eigenvalue weighted by atomic mass is 9.88. The van der Waals surface area contributed by atoms with E-state index in [1.54, 1.807) is 7.11 Å². The summed E-state index contributed by atoms with van der Waals surface area (Å²) < 4.78 is 5.09. The van der Waals surface area contributed by atoms with Gasteiger partial charge in [-0.1, -0.05) is 26.0 Å². The van der Waals surface area contributed by atoms with Crippen LogP contribution in [0.4, 0.5) is 0 Å². The largest absolute Gasteiger partial charge is 0.497 e. The van der Waals surface area contributed by atoms with E-state index < -0.39 is 6.10 Å². The first-order chi connectivity index (χ1) is 9.48. The normalized spacial score (nSPS) is 13.2. The predicted molar refractivity (Wildman–Crippen MR) is 80.9 cm³/mol. The number of hydrogen-bond donors (Lipinski definition) is 3. The van der Waals surface area contributed by atoms with E-state index in [1.807, 2.05) is 24.3 Å². The molecule has 0 bridgehead atoms. The minimum Gasteiger partial charge on any atom is -0.497 e. The third kappa shape index (κ3) is 5.90. The summed E-state index contributed by atoms with van der Waals surface area (Å²) in [5.74, 6) is 0.791. The first-order valence-electron chi connectivity index (χ1n) is 7.12. The quantitative estimate of drug-likeness (QED) is 0.649. The molecule has 4 nitrogen and oxygen atoms in total. The minimum absolute atomic E-state index is 0.127. The number of nitrogens with one attached hydrogen (secondary N) is 1. The van der Waals surface area contributed by atoms with Gasteiger partial charge in [-0.2, -0.15) is 0 Å². The van der Waals surface area contributed by atoms with Crippen molar-refractivity contribution < 1.29 is 14.9 Å². The van der Waals surface area contributed by atoms with Gasteiger partial charge in [0.15, 0.2) is 0 Å². The summed E-state index contributed by atoms with van der Waals surface area (Å²) in [5, 5.41) is 22.3. The predicted octanol–water partition coefficient (Wildman–Crippen LogP) is 2.12. The molecular weight excluding hydrogens is 254 g/mol. The fraction of sp³-hybridized carbons (Fsp3) is 0.625. The van der Waals surface area contributed by atoms with Crippen molar-refractivity contribution >= 4 is 0 Å². The van der Waals surface area contributed by atoms with E-state index in [-0.39, 0.29) is 12.0 Å². The van der Waals surface area contributed by atoms with E-state index in [0.717, 1.165) is 30.7 Å². The van der Waals surface area contributed by atoms with Crippen LogP contribution in [0.25, 0.3) is 0 Å². The number of benzene rings is 1. The number of methoxy groups -OCH3 is 1. The number of rotatable bonds is 9. The molecule has 1 atom stereocenters. The Hall–Kier alpha value is -1.10. The van der Waals surface area contributed by atoms with Crippen LogP contribution in [0.1, 0.15) is 38.4 Å². The van der Waals surface area contributed by atoms with Crippen LogP contribution in [0, 0.1) is 5.41 Å². The van der Waals surface area contributed by atoms with E-state index >= 15 is 0 Å². The first-order valence-corrected chi connectivity index (χ1v) is 7.12. The second kappa shape index (κ2) is 8.25. The number of ether oxygens (including phenoxy) is 1. The van der Waals surface area contributed by atoms with Crippen molar-refractivity contribution in [3.63, 3.8) is 0 Å². The SMILES string of the molecule is COc1ccc(C(O)CNCC(C)(C)CCCO)cc1. The lowest BCUT2D eigenvalue weighted by molar-refractivity contribution is 0.165. The van der Waals surface area contributed by atoms with Crippen molar-refractivity contribution in [1.29, 1.82) is 0 Å². The van der Waals surface area contributed by atoms with Gasteiger partial charge in [-0.15, -0.1) is 0 Å². The molecule has 0 saturated carbocycles. The van der Waals surface area contributed by atoms with Gasteiger partial charge in [-0.05, 0) is 36.0 Å². The molecule has 114 valence electrons. The van der Waals surface area contributed by atoms with Gasteiger partial charge in [-0.3, -0.25) is 0 Å². The molecule has 0 spiro atoms. The van der Waals surface area contributed by atoms with Crippen LogP contribution in [-0.4, -0.2) is 37.0 Å². The Morgan fingerprint density at radius 1 is 1.25 bits per heavy atom. The van der Waals surface area contributed by atoms with Crippen LogP contribution in [-0.2, 0) is 0 Å². The second-order valence-corrected chi connectivity index (χ2v) is 5.91. The fourth-order valence-electron chi connectivity index (χ4n) is 2.14. The smallest absolute Gasteiger partial charge is 0.118 e. The third-order valence-electron chi connectivity index (χ3n) is 3.45. The zero-order valence-electron chi connectivity index (χ0n) is 12.7. The lowest BCUT2D eigenvalue weighted by Gasteiger charge is -2.25. The maximum atomic E-state index is 10.1. The van der Waals surface area contributed by atoms with Gasteiger partial charge >= 0.3 is 0 Å². The van der Waals surface area contributed by atoms with Crippen LogP contribution in [0.15, 0.2) is 24.3 Å². The molecule has 0 aliphatic rings. The average molecular weight is 281 g/mol. The molecule has 0 radical (unpaired) electrons. The van der Waals surface area contributed by atoms with Gasteiger partial charge in [-0.25, -0.2) is 0 Å². The molecule has 4 heteroatoms. The molecule has 20 heavy (non-hydrogen) atoms. The Labute approximate surface area is 121 Å². The molecule has 1 aromatic rings. The van der Waals surface area contributed by atoms with Crippen LogP contribution in [0.2, 0.25) is 0 Å². The highest BCUT2D eigenvalue weighted by molar-refractivity contribution is 5.28. The molecule has 0 aliphatic heterocycles. The summed E-state index contributed by atoms with van der Waals surface area (Å²) >= 11 is 0. The minimum atomic E-state index is -0.519. The topological polar surface area (TPSA) is 61.7 Å². The Morgan fingerprint density at radius 2 is 1.90 bits per heavy atom. The Morgan fingerprint density at radius 3 is 2.45 bits per heavy atom. The highest BCUT2D eigenvalue weighted by Crippen LogP contribution is 2.21. The van der Waals surface area contributed by atoms with E-state index in [2.05, 4.69) is 19.2 Å². The van der Waals surface area contributed by atoms with Crippen molar-refractivity contribution in [2.75, 3.05) is 26.8 Å².